The molecule has 0 spiro atoms. The lowest BCUT2D eigenvalue weighted by atomic mass is 10.0. The molecule has 0 aliphatic carbocycles. The first-order valence-electron chi connectivity index (χ1n) is 13.6. The van der Waals surface area contributed by atoms with Gasteiger partial charge >= 0.3 is 12.0 Å². The molecule has 214 valence electrons. The van der Waals surface area contributed by atoms with Gasteiger partial charge in [0.05, 0.1) is 24.3 Å². The van der Waals surface area contributed by atoms with Gasteiger partial charge in [-0.2, -0.15) is 11.3 Å². The van der Waals surface area contributed by atoms with Crippen LogP contribution in [-0.2, 0) is 16.1 Å². The van der Waals surface area contributed by atoms with Crippen LogP contribution < -0.4 is 10.6 Å². The number of nitrogens with zero attached hydrogens (tertiary/aromatic N) is 3. The van der Waals surface area contributed by atoms with Crippen molar-refractivity contribution in [3.63, 3.8) is 0 Å². The number of halogens is 1. The molecule has 3 heterocycles. The molecule has 0 bridgehead atoms. The second-order valence-electron chi connectivity index (χ2n) is 9.93. The number of esters is 1. The maximum atomic E-state index is 13.1. The summed E-state index contributed by atoms with van der Waals surface area (Å²) in [5.41, 5.74) is 3.13. The summed E-state index contributed by atoms with van der Waals surface area (Å²) in [6.07, 6.45) is 2.70. The topological polar surface area (TPSA) is 104 Å². The molecule has 0 aromatic carbocycles. The van der Waals surface area contributed by atoms with Crippen molar-refractivity contribution in [2.24, 2.45) is 0 Å². The molecule has 1 saturated heterocycles. The van der Waals surface area contributed by atoms with E-state index in [-0.39, 0.29) is 36.9 Å². The minimum atomic E-state index is -0.309. The van der Waals surface area contributed by atoms with Gasteiger partial charge in [0.15, 0.2) is 0 Å². The van der Waals surface area contributed by atoms with Crippen LogP contribution >= 0.6 is 22.9 Å². The van der Waals surface area contributed by atoms with E-state index in [9.17, 15) is 14.4 Å². The predicted molar refractivity (Wildman–Crippen MR) is 154 cm³/mol. The lowest BCUT2D eigenvalue weighted by molar-refractivity contribution is -0.142. The monoisotopic (exact) mass is 577 g/mol. The minimum absolute atomic E-state index is 0.110. The number of hydrogen-bond donors (Lipinski definition) is 2. The predicted octanol–water partition coefficient (Wildman–Crippen LogP) is 4.55. The van der Waals surface area contributed by atoms with E-state index >= 15 is 0 Å². The molecule has 1 atom stereocenters. The van der Waals surface area contributed by atoms with Crippen LogP contribution in [0.1, 0.15) is 66.7 Å². The number of aromatic nitrogens is 1. The number of amides is 3. The summed E-state index contributed by atoms with van der Waals surface area (Å²) >= 11 is 7.61. The summed E-state index contributed by atoms with van der Waals surface area (Å²) in [6, 6.07) is 4.00. The van der Waals surface area contributed by atoms with E-state index in [1.54, 1.807) is 31.3 Å². The molecule has 3 rings (SSSR count). The van der Waals surface area contributed by atoms with Gasteiger partial charge in [0, 0.05) is 44.8 Å². The lowest BCUT2D eigenvalue weighted by Gasteiger charge is -2.40. The SMILES string of the molecule is CCOC(=O)CCNC(=O)N(Cc1ccsc1)C1CCN(C(C)CCNC(=O)c2c(C)cc(Cl)nc2C)CC1. The number of hydrogen-bond acceptors (Lipinski definition) is 7. The van der Waals surface area contributed by atoms with Crippen LogP contribution in [0.4, 0.5) is 4.79 Å². The van der Waals surface area contributed by atoms with Crippen LogP contribution in [0.15, 0.2) is 22.9 Å². The van der Waals surface area contributed by atoms with Gasteiger partial charge in [0.2, 0.25) is 0 Å². The smallest absolute Gasteiger partial charge is 0.317 e. The number of rotatable bonds is 12. The van der Waals surface area contributed by atoms with Crippen LogP contribution in [0, 0.1) is 13.8 Å². The number of pyridine rings is 1. The number of likely N-dealkylation sites (tertiary alicyclic amines) is 1. The van der Waals surface area contributed by atoms with Crippen molar-refractivity contribution in [2.45, 2.75) is 72.0 Å². The number of urea groups is 1. The Morgan fingerprint density at radius 2 is 1.97 bits per heavy atom. The first-order chi connectivity index (χ1) is 18.7. The summed E-state index contributed by atoms with van der Waals surface area (Å²) < 4.78 is 4.96. The Morgan fingerprint density at radius 1 is 1.23 bits per heavy atom. The molecule has 1 fully saturated rings. The highest BCUT2D eigenvalue weighted by molar-refractivity contribution is 7.07. The molecule has 2 aromatic rings. The molecular weight excluding hydrogens is 538 g/mol. The Bertz CT molecular complexity index is 1080. The number of ether oxygens (including phenoxy) is 1. The van der Waals surface area contributed by atoms with Crippen molar-refractivity contribution >= 4 is 40.8 Å². The summed E-state index contributed by atoms with van der Waals surface area (Å²) in [5, 5.41) is 10.4. The second-order valence-corrected chi connectivity index (χ2v) is 11.1. The molecule has 11 heteroatoms. The molecule has 9 nitrogen and oxygen atoms in total. The molecule has 1 aliphatic rings. The Hall–Kier alpha value is -2.69. The average molecular weight is 578 g/mol. The number of nitrogens with one attached hydrogen (secondary N) is 2. The van der Waals surface area contributed by atoms with Gasteiger partial charge in [0.1, 0.15) is 5.15 Å². The highest BCUT2D eigenvalue weighted by atomic mass is 35.5. The van der Waals surface area contributed by atoms with Gasteiger partial charge in [-0.15, -0.1) is 0 Å². The number of carbonyl (C=O) groups excluding carboxylic acids is 3. The third-order valence-corrected chi connectivity index (χ3v) is 8.03. The molecule has 39 heavy (non-hydrogen) atoms. The maximum Gasteiger partial charge on any atom is 0.317 e. The number of thiophene rings is 1. The first-order valence-corrected chi connectivity index (χ1v) is 14.9. The van der Waals surface area contributed by atoms with Gasteiger partial charge in [-0.25, -0.2) is 9.78 Å². The third kappa shape index (κ3) is 9.19. The fourth-order valence-electron chi connectivity index (χ4n) is 4.98. The van der Waals surface area contributed by atoms with Crippen molar-refractivity contribution < 1.29 is 19.1 Å². The van der Waals surface area contributed by atoms with Crippen molar-refractivity contribution in [1.29, 1.82) is 0 Å². The maximum absolute atomic E-state index is 13.1. The molecule has 3 amide bonds. The van der Waals surface area contributed by atoms with Crippen molar-refractivity contribution in [3.8, 4) is 0 Å². The second kappa shape index (κ2) is 15.2. The minimum Gasteiger partial charge on any atom is -0.466 e. The fourth-order valence-corrected chi connectivity index (χ4v) is 5.93. The van der Waals surface area contributed by atoms with Crippen LogP contribution in [0.3, 0.4) is 0 Å². The highest BCUT2D eigenvalue weighted by Crippen LogP contribution is 2.22. The molecule has 0 radical (unpaired) electrons. The van der Waals surface area contributed by atoms with Crippen LogP contribution in [0.25, 0.3) is 0 Å². The van der Waals surface area contributed by atoms with E-state index in [0.717, 1.165) is 43.5 Å². The molecule has 1 unspecified atom stereocenters. The van der Waals surface area contributed by atoms with E-state index in [0.29, 0.717) is 42.1 Å². The van der Waals surface area contributed by atoms with Gasteiger partial charge in [-0.1, -0.05) is 11.6 Å². The Morgan fingerprint density at radius 3 is 2.62 bits per heavy atom. The largest absolute Gasteiger partial charge is 0.466 e. The van der Waals surface area contributed by atoms with Gasteiger partial charge in [-0.05, 0) is 81.0 Å². The highest BCUT2D eigenvalue weighted by Gasteiger charge is 2.30. The zero-order chi connectivity index (χ0) is 28.4. The van der Waals surface area contributed by atoms with Gasteiger partial charge in [0.25, 0.3) is 5.91 Å². The van der Waals surface area contributed by atoms with E-state index in [4.69, 9.17) is 16.3 Å². The third-order valence-electron chi connectivity index (χ3n) is 7.11. The molecule has 2 aromatic heterocycles. The van der Waals surface area contributed by atoms with E-state index in [2.05, 4.69) is 32.8 Å². The van der Waals surface area contributed by atoms with E-state index in [1.165, 1.54) is 0 Å². The average Bonchev–Trinajstić information content (AvgIpc) is 3.40. The van der Waals surface area contributed by atoms with Crippen molar-refractivity contribution in [1.82, 2.24) is 25.4 Å². The van der Waals surface area contributed by atoms with E-state index < -0.39 is 0 Å². The van der Waals surface area contributed by atoms with Gasteiger partial charge in [-0.3, -0.25) is 9.59 Å². The summed E-state index contributed by atoms with van der Waals surface area (Å²) in [4.78, 5) is 46.0. The molecular formula is C28H40ClN5O4S. The summed E-state index contributed by atoms with van der Waals surface area (Å²) in [6.45, 7) is 11.0. The van der Waals surface area contributed by atoms with Crippen LogP contribution in [0.5, 0.6) is 0 Å². The van der Waals surface area contributed by atoms with Gasteiger partial charge < -0.3 is 25.2 Å². The molecule has 2 N–H and O–H groups in total. The number of carbonyl (C=O) groups is 3. The Balaban J connectivity index is 1.49. The zero-order valence-corrected chi connectivity index (χ0v) is 24.9. The summed E-state index contributed by atoms with van der Waals surface area (Å²) in [5.74, 6) is -0.436. The van der Waals surface area contributed by atoms with E-state index in [1.807, 2.05) is 23.3 Å². The standard InChI is InChI=1S/C28H40ClN5O4S/c1-5-38-25(35)7-12-31-28(37)34(17-22-10-15-39-18-22)23-8-13-33(14-9-23)20(3)6-11-30-27(36)26-19(2)16-24(29)32-21(26)4/h10,15-16,18,20,23H,5-9,11-14,17H2,1-4H3,(H,30,36)(H,31,37). The van der Waals surface area contributed by atoms with Crippen molar-refractivity contribution in [2.75, 3.05) is 32.8 Å². The zero-order valence-electron chi connectivity index (χ0n) is 23.3. The number of aryl methyl sites for hydroxylation is 2. The summed E-state index contributed by atoms with van der Waals surface area (Å²) in [7, 11) is 0. The van der Waals surface area contributed by atoms with Crippen LogP contribution in [-0.4, -0.2) is 77.6 Å². The van der Waals surface area contributed by atoms with Crippen LogP contribution in [0.2, 0.25) is 5.15 Å². The molecule has 1 aliphatic heterocycles. The first kappa shape index (κ1) is 30.8. The lowest BCUT2D eigenvalue weighted by Crippen LogP contribution is -2.52. The number of piperidine rings is 1. The molecule has 0 saturated carbocycles. The van der Waals surface area contributed by atoms with Crippen molar-refractivity contribution in [3.05, 3.63) is 50.4 Å². The Kier molecular flexibility index (Phi) is 12.0. The quantitative estimate of drug-likeness (QED) is 0.283. The fraction of sp³-hybridized carbons (Fsp3) is 0.571. The Labute approximate surface area is 240 Å². The normalized spacial score (nSPS) is 15.0.